The molecule has 1 rings (SSSR count). The van der Waals surface area contributed by atoms with Crippen molar-refractivity contribution in [3.63, 3.8) is 0 Å². The minimum Gasteiger partial charge on any atom is -0.301 e. The van der Waals surface area contributed by atoms with Crippen LogP contribution in [0.3, 0.4) is 0 Å². The summed E-state index contributed by atoms with van der Waals surface area (Å²) in [4.78, 5) is 11.4. The molecule has 1 aromatic rings. The first-order chi connectivity index (χ1) is 8.31. The standard InChI is InChI=1S/C9H5BrF4N2OS/c1-18-9(15)16-8(17)2-4(11)6(13)3(10)7(14)5(2)12/h1H3,(H2,15,16,17). The molecule has 0 fully saturated rings. The van der Waals surface area contributed by atoms with Crippen LogP contribution in [0.25, 0.3) is 0 Å². The monoisotopic (exact) mass is 344 g/mol. The van der Waals surface area contributed by atoms with E-state index in [1.807, 2.05) is 0 Å². The molecule has 18 heavy (non-hydrogen) atoms. The second-order valence-corrected chi connectivity index (χ2v) is 4.54. The highest BCUT2D eigenvalue weighted by atomic mass is 79.9. The summed E-state index contributed by atoms with van der Waals surface area (Å²) in [5.41, 5.74) is -1.41. The average molecular weight is 345 g/mol. The summed E-state index contributed by atoms with van der Waals surface area (Å²) in [5, 5.41) is 8.46. The lowest BCUT2D eigenvalue weighted by atomic mass is 10.1. The zero-order valence-corrected chi connectivity index (χ0v) is 11.1. The summed E-state index contributed by atoms with van der Waals surface area (Å²) >= 11 is 3.10. The molecule has 0 aliphatic rings. The van der Waals surface area contributed by atoms with Gasteiger partial charge in [-0.2, -0.15) is 0 Å². The Labute approximate surface area is 112 Å². The van der Waals surface area contributed by atoms with Crippen LogP contribution in [-0.4, -0.2) is 17.3 Å². The fourth-order valence-electron chi connectivity index (χ4n) is 1.02. The van der Waals surface area contributed by atoms with Crippen LogP contribution < -0.4 is 5.32 Å². The summed E-state index contributed by atoms with van der Waals surface area (Å²) in [6.07, 6.45) is 1.43. The van der Waals surface area contributed by atoms with Crippen LogP contribution in [0.5, 0.6) is 0 Å². The normalized spacial score (nSPS) is 10.3. The smallest absolute Gasteiger partial charge is 0.263 e. The molecule has 0 spiro atoms. The Kier molecular flexibility index (Phi) is 4.74. The van der Waals surface area contributed by atoms with Crippen molar-refractivity contribution < 1.29 is 22.4 Å². The summed E-state index contributed by atoms with van der Waals surface area (Å²) in [6.45, 7) is 0. The highest BCUT2D eigenvalue weighted by Gasteiger charge is 2.28. The summed E-state index contributed by atoms with van der Waals surface area (Å²) < 4.78 is 52.0. The number of amidine groups is 1. The van der Waals surface area contributed by atoms with E-state index in [0.29, 0.717) is 0 Å². The van der Waals surface area contributed by atoms with Crippen molar-refractivity contribution >= 4 is 38.8 Å². The molecule has 0 unspecified atom stereocenters. The lowest BCUT2D eigenvalue weighted by Gasteiger charge is -2.09. The molecule has 0 bridgehead atoms. The lowest BCUT2D eigenvalue weighted by Crippen LogP contribution is -2.30. The molecule has 1 amide bonds. The van der Waals surface area contributed by atoms with Gasteiger partial charge in [0.15, 0.2) is 28.4 Å². The molecule has 0 aliphatic heterocycles. The molecule has 0 heterocycles. The first-order valence-corrected chi connectivity index (χ1v) is 6.28. The van der Waals surface area contributed by atoms with Gasteiger partial charge in [0.25, 0.3) is 5.91 Å². The topological polar surface area (TPSA) is 53.0 Å². The molecule has 0 aliphatic carbocycles. The molecule has 0 radical (unpaired) electrons. The number of benzene rings is 1. The van der Waals surface area contributed by atoms with E-state index >= 15 is 0 Å². The number of amides is 1. The number of hydrogen-bond donors (Lipinski definition) is 2. The van der Waals surface area contributed by atoms with Crippen LogP contribution >= 0.6 is 27.7 Å². The van der Waals surface area contributed by atoms with Gasteiger partial charge >= 0.3 is 0 Å². The van der Waals surface area contributed by atoms with Crippen LogP contribution in [0.1, 0.15) is 10.4 Å². The van der Waals surface area contributed by atoms with E-state index in [1.54, 1.807) is 5.32 Å². The van der Waals surface area contributed by atoms with Crippen molar-refractivity contribution in [3.05, 3.63) is 33.3 Å². The molecule has 0 saturated heterocycles. The van der Waals surface area contributed by atoms with E-state index in [-0.39, 0.29) is 0 Å². The summed E-state index contributed by atoms with van der Waals surface area (Å²) in [7, 11) is 0. The van der Waals surface area contributed by atoms with Crippen LogP contribution in [0.4, 0.5) is 17.6 Å². The Morgan fingerprint density at radius 1 is 1.17 bits per heavy atom. The van der Waals surface area contributed by atoms with E-state index in [0.717, 1.165) is 11.8 Å². The molecule has 1 aromatic carbocycles. The van der Waals surface area contributed by atoms with Crippen LogP contribution in [0.15, 0.2) is 4.47 Å². The van der Waals surface area contributed by atoms with Gasteiger partial charge in [-0.1, -0.05) is 11.8 Å². The van der Waals surface area contributed by atoms with E-state index in [9.17, 15) is 22.4 Å². The highest BCUT2D eigenvalue weighted by Crippen LogP contribution is 2.28. The molecular formula is C9H5BrF4N2OS. The van der Waals surface area contributed by atoms with Crippen LogP contribution in [0.2, 0.25) is 0 Å². The Balaban J connectivity index is 3.33. The van der Waals surface area contributed by atoms with E-state index in [1.165, 1.54) is 6.26 Å². The Morgan fingerprint density at radius 2 is 1.61 bits per heavy atom. The van der Waals surface area contributed by atoms with Gasteiger partial charge in [0.2, 0.25) is 0 Å². The third-order valence-corrected chi connectivity index (χ3v) is 3.07. The van der Waals surface area contributed by atoms with Gasteiger partial charge in [0.1, 0.15) is 5.56 Å². The Bertz CT molecular complexity index is 509. The van der Waals surface area contributed by atoms with Crippen molar-refractivity contribution in [1.29, 1.82) is 5.41 Å². The predicted molar refractivity (Wildman–Crippen MR) is 62.7 cm³/mol. The largest absolute Gasteiger partial charge is 0.301 e. The fraction of sp³-hybridized carbons (Fsp3) is 0.111. The third kappa shape index (κ3) is 2.66. The van der Waals surface area contributed by atoms with Crippen LogP contribution in [-0.2, 0) is 0 Å². The zero-order chi connectivity index (χ0) is 14.0. The van der Waals surface area contributed by atoms with Crippen molar-refractivity contribution in [3.8, 4) is 0 Å². The highest BCUT2D eigenvalue weighted by molar-refractivity contribution is 9.10. The van der Waals surface area contributed by atoms with Crippen LogP contribution in [0, 0.1) is 28.7 Å². The van der Waals surface area contributed by atoms with Crippen molar-refractivity contribution in [2.24, 2.45) is 0 Å². The van der Waals surface area contributed by atoms with Crippen molar-refractivity contribution in [2.75, 3.05) is 6.26 Å². The van der Waals surface area contributed by atoms with Gasteiger partial charge < -0.3 is 5.32 Å². The maximum absolute atomic E-state index is 13.4. The second-order valence-electron chi connectivity index (χ2n) is 2.93. The Morgan fingerprint density at radius 3 is 2.00 bits per heavy atom. The molecule has 0 aromatic heterocycles. The number of hydrogen-bond acceptors (Lipinski definition) is 3. The van der Waals surface area contributed by atoms with Gasteiger partial charge in [-0.05, 0) is 22.2 Å². The minimum absolute atomic E-state index is 0.414. The molecule has 3 nitrogen and oxygen atoms in total. The average Bonchev–Trinajstić information content (AvgIpc) is 2.34. The number of halogens is 5. The molecular weight excluding hydrogens is 340 g/mol. The van der Waals surface area contributed by atoms with Crippen molar-refractivity contribution in [2.45, 2.75) is 0 Å². The third-order valence-electron chi connectivity index (χ3n) is 1.87. The molecule has 0 saturated carbocycles. The van der Waals surface area contributed by atoms with Gasteiger partial charge in [-0.3, -0.25) is 10.2 Å². The number of rotatable bonds is 1. The summed E-state index contributed by atoms with van der Waals surface area (Å²) in [5.74, 6) is -8.52. The zero-order valence-electron chi connectivity index (χ0n) is 8.71. The van der Waals surface area contributed by atoms with E-state index < -0.39 is 44.4 Å². The quantitative estimate of drug-likeness (QED) is 0.270. The molecule has 0 atom stereocenters. The minimum atomic E-state index is -1.83. The predicted octanol–water partition coefficient (Wildman–Crippen LogP) is 3.03. The van der Waals surface area contributed by atoms with Gasteiger partial charge in [0.05, 0.1) is 4.47 Å². The maximum atomic E-state index is 13.4. The van der Waals surface area contributed by atoms with Gasteiger partial charge in [0, 0.05) is 0 Å². The summed E-state index contributed by atoms with van der Waals surface area (Å²) in [6, 6.07) is 0. The van der Waals surface area contributed by atoms with Gasteiger partial charge in [-0.15, -0.1) is 0 Å². The van der Waals surface area contributed by atoms with E-state index in [2.05, 4.69) is 15.9 Å². The Hall–Kier alpha value is -1.09. The van der Waals surface area contributed by atoms with Gasteiger partial charge in [-0.25, -0.2) is 17.6 Å². The number of nitrogens with one attached hydrogen (secondary N) is 2. The first kappa shape index (κ1) is 15.0. The first-order valence-electron chi connectivity index (χ1n) is 4.26. The fourth-order valence-corrected chi connectivity index (χ4v) is 1.56. The number of thioether (sulfide) groups is 1. The number of carbonyl (C=O) groups excluding carboxylic acids is 1. The lowest BCUT2D eigenvalue weighted by molar-refractivity contribution is 0.0967. The molecule has 2 N–H and O–H groups in total. The number of carbonyl (C=O) groups is 1. The van der Waals surface area contributed by atoms with E-state index in [4.69, 9.17) is 5.41 Å². The molecule has 98 valence electrons. The van der Waals surface area contributed by atoms with Crippen molar-refractivity contribution in [1.82, 2.24) is 5.32 Å². The second kappa shape index (κ2) is 5.70. The SMILES string of the molecule is CSC(=N)NC(=O)c1c(F)c(F)c(Br)c(F)c1F. The maximum Gasteiger partial charge on any atom is 0.263 e. The molecule has 9 heteroatoms.